The first-order chi connectivity index (χ1) is 17.4. The van der Waals surface area contributed by atoms with Crippen molar-refractivity contribution in [1.29, 1.82) is 0 Å². The molecule has 202 valence electrons. The van der Waals surface area contributed by atoms with Crippen LogP contribution >= 0.6 is 0 Å². The number of benzene rings is 1. The molecule has 7 nitrogen and oxygen atoms in total. The van der Waals surface area contributed by atoms with Crippen LogP contribution in [0.5, 0.6) is 0 Å². The highest BCUT2D eigenvalue weighted by molar-refractivity contribution is 5.82. The van der Waals surface area contributed by atoms with Crippen molar-refractivity contribution in [3.8, 4) is 0 Å². The first kappa shape index (κ1) is 28.6. The summed E-state index contributed by atoms with van der Waals surface area (Å²) in [6.45, 7) is 15.6. The van der Waals surface area contributed by atoms with E-state index in [1.807, 2.05) is 16.7 Å². The molecule has 0 spiro atoms. The van der Waals surface area contributed by atoms with Gasteiger partial charge in [0.2, 0.25) is 11.8 Å². The highest BCUT2D eigenvalue weighted by Crippen LogP contribution is 2.58. The molecule has 2 amide bonds. The van der Waals surface area contributed by atoms with Gasteiger partial charge in [0.05, 0.1) is 24.4 Å². The maximum absolute atomic E-state index is 14.5. The molecular weight excluding hydrogens is 476 g/mol. The Morgan fingerprint density at radius 2 is 1.97 bits per heavy atom. The van der Waals surface area contributed by atoms with Crippen LogP contribution in [0.4, 0.5) is 8.78 Å². The summed E-state index contributed by atoms with van der Waals surface area (Å²) >= 11 is 0. The minimum absolute atomic E-state index is 0.0112. The van der Waals surface area contributed by atoms with Gasteiger partial charge in [0.25, 0.3) is 0 Å². The third-order valence-corrected chi connectivity index (χ3v) is 8.36. The zero-order valence-electron chi connectivity index (χ0n) is 22.6. The largest absolute Gasteiger partial charge is 0.354 e. The second-order valence-electron chi connectivity index (χ2n) is 10.8. The molecule has 1 aliphatic carbocycles. The maximum Gasteiger partial charge on any atom is 0.236 e. The van der Waals surface area contributed by atoms with Gasteiger partial charge in [-0.25, -0.2) is 8.78 Å². The second-order valence-corrected chi connectivity index (χ2v) is 10.8. The molecule has 0 aromatic heterocycles. The van der Waals surface area contributed by atoms with Crippen LogP contribution in [0.1, 0.15) is 46.1 Å². The summed E-state index contributed by atoms with van der Waals surface area (Å²) in [6.07, 6.45) is 3.33. The minimum atomic E-state index is -0.703. The SMILES string of the molecule is C=C(/C=C(\N=NC)c1c(F)cccc1F)[C@@H]1CC[C@@](C)(CN(CC)C(=O)CN2CCNC(=O)C2)C1(C)C. The molecule has 37 heavy (non-hydrogen) atoms. The van der Waals surface area contributed by atoms with Crippen LogP contribution in [0.2, 0.25) is 0 Å². The van der Waals surface area contributed by atoms with Crippen molar-refractivity contribution < 1.29 is 18.4 Å². The van der Waals surface area contributed by atoms with E-state index in [1.165, 1.54) is 25.2 Å². The van der Waals surface area contributed by atoms with Gasteiger partial charge in [-0.15, -0.1) is 0 Å². The first-order valence-corrected chi connectivity index (χ1v) is 12.8. The second kappa shape index (κ2) is 11.6. The van der Waals surface area contributed by atoms with E-state index in [-0.39, 0.29) is 52.9 Å². The Morgan fingerprint density at radius 3 is 2.57 bits per heavy atom. The van der Waals surface area contributed by atoms with Gasteiger partial charge in [0.1, 0.15) is 11.6 Å². The van der Waals surface area contributed by atoms with Crippen molar-refractivity contribution in [3.05, 3.63) is 53.6 Å². The lowest BCUT2D eigenvalue weighted by molar-refractivity contribution is -0.136. The average molecular weight is 516 g/mol. The number of halogens is 2. The van der Waals surface area contributed by atoms with Crippen LogP contribution < -0.4 is 5.32 Å². The zero-order valence-corrected chi connectivity index (χ0v) is 22.6. The van der Waals surface area contributed by atoms with Crippen LogP contribution in [-0.2, 0) is 9.59 Å². The molecule has 0 bridgehead atoms. The summed E-state index contributed by atoms with van der Waals surface area (Å²) in [5, 5.41) is 10.6. The third-order valence-electron chi connectivity index (χ3n) is 8.36. The van der Waals surface area contributed by atoms with Gasteiger partial charge in [-0.3, -0.25) is 14.5 Å². The number of nitrogens with zero attached hydrogens (tertiary/aromatic N) is 4. The van der Waals surface area contributed by atoms with Gasteiger partial charge in [0.15, 0.2) is 0 Å². The van der Waals surface area contributed by atoms with E-state index in [2.05, 4.69) is 42.9 Å². The summed E-state index contributed by atoms with van der Waals surface area (Å²) in [5.41, 5.74) is 0.134. The minimum Gasteiger partial charge on any atom is -0.354 e. The van der Waals surface area contributed by atoms with E-state index in [0.717, 1.165) is 18.4 Å². The van der Waals surface area contributed by atoms with Crippen molar-refractivity contribution >= 4 is 17.5 Å². The molecular formula is C28H39F2N5O2. The normalized spacial score (nSPS) is 24.4. The van der Waals surface area contributed by atoms with Crippen LogP contribution in [0.15, 0.2) is 46.7 Å². The fourth-order valence-corrected chi connectivity index (χ4v) is 5.69. The lowest BCUT2D eigenvalue weighted by Crippen LogP contribution is -2.53. The van der Waals surface area contributed by atoms with Gasteiger partial charge in [-0.2, -0.15) is 10.2 Å². The number of allylic oxidation sites excluding steroid dienone is 2. The summed E-state index contributed by atoms with van der Waals surface area (Å²) in [5.74, 6) is -1.43. The Morgan fingerprint density at radius 1 is 1.30 bits per heavy atom. The lowest BCUT2D eigenvalue weighted by Gasteiger charge is -2.45. The fraction of sp³-hybridized carbons (Fsp3) is 0.571. The Hall–Kier alpha value is -2.94. The summed E-state index contributed by atoms with van der Waals surface area (Å²) < 4.78 is 29.0. The molecule has 2 fully saturated rings. The van der Waals surface area contributed by atoms with Crippen molar-refractivity contribution in [1.82, 2.24) is 15.1 Å². The van der Waals surface area contributed by atoms with Gasteiger partial charge in [-0.05, 0) is 60.3 Å². The average Bonchev–Trinajstić information content (AvgIpc) is 3.06. The van der Waals surface area contributed by atoms with E-state index >= 15 is 0 Å². The molecule has 1 aromatic rings. The first-order valence-electron chi connectivity index (χ1n) is 12.8. The molecule has 2 aliphatic rings. The lowest BCUT2D eigenvalue weighted by atomic mass is 9.64. The van der Waals surface area contributed by atoms with Gasteiger partial charge in [0, 0.05) is 33.2 Å². The van der Waals surface area contributed by atoms with Gasteiger partial charge >= 0.3 is 0 Å². The number of hydrogen-bond acceptors (Lipinski definition) is 5. The Kier molecular flexibility index (Phi) is 9.00. The van der Waals surface area contributed by atoms with Crippen molar-refractivity contribution in [2.75, 3.05) is 46.3 Å². The van der Waals surface area contributed by atoms with E-state index in [9.17, 15) is 18.4 Å². The van der Waals surface area contributed by atoms with E-state index in [1.54, 1.807) is 6.08 Å². The molecule has 1 N–H and O–H groups in total. The van der Waals surface area contributed by atoms with Gasteiger partial charge in [-0.1, -0.05) is 33.4 Å². The number of hydrogen-bond donors (Lipinski definition) is 1. The third kappa shape index (κ3) is 6.14. The van der Waals surface area contributed by atoms with E-state index in [4.69, 9.17) is 0 Å². The number of carbonyl (C=O) groups excluding carboxylic acids is 2. The maximum atomic E-state index is 14.5. The number of carbonyl (C=O) groups is 2. The highest BCUT2D eigenvalue weighted by Gasteiger charge is 2.52. The molecule has 1 saturated heterocycles. The molecule has 1 heterocycles. The van der Waals surface area contributed by atoms with Crippen molar-refractivity contribution in [2.45, 2.75) is 40.5 Å². The summed E-state index contributed by atoms with van der Waals surface area (Å²) in [6, 6.07) is 3.71. The molecule has 1 saturated carbocycles. The molecule has 9 heteroatoms. The zero-order chi connectivity index (χ0) is 27.4. The molecule has 1 aliphatic heterocycles. The molecule has 3 rings (SSSR count). The van der Waals surface area contributed by atoms with Gasteiger partial charge < -0.3 is 10.2 Å². The highest BCUT2D eigenvalue weighted by atomic mass is 19.1. The smallest absolute Gasteiger partial charge is 0.236 e. The number of azo groups is 1. The molecule has 1 aromatic carbocycles. The van der Waals surface area contributed by atoms with Crippen molar-refractivity contribution in [2.24, 2.45) is 27.0 Å². The van der Waals surface area contributed by atoms with Crippen LogP contribution in [0.3, 0.4) is 0 Å². The quantitative estimate of drug-likeness (QED) is 0.384. The number of likely N-dealkylation sites (N-methyl/N-ethyl adjacent to an activating group) is 1. The molecule has 2 atom stereocenters. The summed E-state index contributed by atoms with van der Waals surface area (Å²) in [4.78, 5) is 28.6. The van der Waals surface area contributed by atoms with Crippen LogP contribution in [-0.4, -0.2) is 67.9 Å². The molecule has 0 unspecified atom stereocenters. The number of piperazine rings is 1. The number of rotatable bonds is 9. The number of amides is 2. The van der Waals surface area contributed by atoms with E-state index in [0.29, 0.717) is 26.2 Å². The predicted octanol–water partition coefficient (Wildman–Crippen LogP) is 4.67. The molecule has 0 radical (unpaired) electrons. The fourth-order valence-electron chi connectivity index (χ4n) is 5.69. The standard InChI is InChI=1S/C28H39F2N5O2/c1-7-35(25(37)17-34-14-13-32-24(36)16-34)18-28(5)12-11-20(27(28,3)4)19(2)15-23(33-31-6)26-21(29)9-8-10-22(26)30/h8-10,15,20H,2,7,11-14,16-18H2,1,3-6H3,(H,32,36)/b23-15-,33-31?/t20-,28-/m0/s1. The number of nitrogens with one attached hydrogen (secondary N) is 1. The van der Waals surface area contributed by atoms with Crippen LogP contribution in [0, 0.1) is 28.4 Å². The topological polar surface area (TPSA) is 77.4 Å². The Balaban J connectivity index is 1.79. The van der Waals surface area contributed by atoms with Crippen molar-refractivity contribution in [3.63, 3.8) is 0 Å². The monoisotopic (exact) mass is 515 g/mol. The van der Waals surface area contributed by atoms with E-state index < -0.39 is 11.6 Å². The van der Waals surface area contributed by atoms with Crippen LogP contribution in [0.25, 0.3) is 5.70 Å². The summed E-state index contributed by atoms with van der Waals surface area (Å²) in [7, 11) is 1.46. The Bertz CT molecular complexity index is 1080. The predicted molar refractivity (Wildman–Crippen MR) is 141 cm³/mol. The Labute approximate surface area is 218 Å².